The first-order valence-electron chi connectivity index (χ1n) is 13.3. The van der Waals surface area contributed by atoms with Crippen LogP contribution in [0.2, 0.25) is 10.0 Å². The average Bonchev–Trinajstić information content (AvgIpc) is 3.32. The van der Waals surface area contributed by atoms with Gasteiger partial charge in [-0.25, -0.2) is 0 Å². The maximum atomic E-state index is 13.2. The summed E-state index contributed by atoms with van der Waals surface area (Å²) in [6.07, 6.45) is 6.76. The van der Waals surface area contributed by atoms with E-state index < -0.39 is 0 Å². The second-order valence-electron chi connectivity index (χ2n) is 9.70. The van der Waals surface area contributed by atoms with Gasteiger partial charge >= 0.3 is 4.87 Å². The molecule has 4 rings (SSSR count). The van der Waals surface area contributed by atoms with Crippen LogP contribution in [-0.2, 0) is 22.4 Å². The summed E-state index contributed by atoms with van der Waals surface area (Å²) in [6.45, 7) is 3.55. The number of carbonyl (C=O) groups excluding carboxylic acids is 1. The molecule has 0 radical (unpaired) electrons. The van der Waals surface area contributed by atoms with Gasteiger partial charge in [0.05, 0.1) is 14.7 Å². The monoisotopic (exact) mass is 579 g/mol. The quantitative estimate of drug-likeness (QED) is 0.231. The maximum Gasteiger partial charge on any atom is 0.305 e. The number of phenols is 1. The standard InChI is InChI=1S/C28H35Cl2N3O4S/c29-22-7-5-19(18-23(22)30)9-13-31-14-10-25(35)33(21-11-16-37-17-12-21)15-3-1-2-4-20-6-8-24(34)26-27(20)38-28(36)32-26/h5-8,18,21,31,34H,1-4,9-17H2,(H,32,36). The smallest absolute Gasteiger partial charge is 0.305 e. The summed E-state index contributed by atoms with van der Waals surface area (Å²) in [6, 6.07) is 9.44. The van der Waals surface area contributed by atoms with Gasteiger partial charge in [0.2, 0.25) is 5.91 Å². The van der Waals surface area contributed by atoms with Gasteiger partial charge in [-0.3, -0.25) is 9.59 Å². The summed E-state index contributed by atoms with van der Waals surface area (Å²) < 4.78 is 6.36. The molecule has 7 nitrogen and oxygen atoms in total. The number of aromatic nitrogens is 1. The molecule has 3 aromatic rings. The van der Waals surface area contributed by atoms with Gasteiger partial charge in [0, 0.05) is 38.8 Å². The van der Waals surface area contributed by atoms with Gasteiger partial charge in [0.1, 0.15) is 11.3 Å². The van der Waals surface area contributed by atoms with Crippen molar-refractivity contribution in [3.8, 4) is 5.75 Å². The van der Waals surface area contributed by atoms with Crippen LogP contribution in [0.15, 0.2) is 35.1 Å². The molecule has 1 saturated heterocycles. The van der Waals surface area contributed by atoms with Crippen LogP contribution in [0.3, 0.4) is 0 Å². The molecule has 0 bridgehead atoms. The zero-order valence-electron chi connectivity index (χ0n) is 21.4. The molecule has 1 aliphatic heterocycles. The van der Waals surface area contributed by atoms with Crippen molar-refractivity contribution in [3.05, 3.63) is 61.2 Å². The molecule has 10 heteroatoms. The van der Waals surface area contributed by atoms with Crippen molar-refractivity contribution in [2.24, 2.45) is 0 Å². The number of nitrogens with zero attached hydrogens (tertiary/aromatic N) is 1. The Morgan fingerprint density at radius 1 is 1.08 bits per heavy atom. The topological polar surface area (TPSA) is 94.7 Å². The number of halogens is 2. The fraction of sp³-hybridized carbons (Fsp3) is 0.500. The molecule has 1 aromatic heterocycles. The van der Waals surface area contributed by atoms with E-state index in [4.69, 9.17) is 27.9 Å². The number of rotatable bonds is 13. The number of phenolic OH excluding ortho intramolecular Hbond substituents is 1. The number of hydrogen-bond donors (Lipinski definition) is 3. The summed E-state index contributed by atoms with van der Waals surface area (Å²) in [5, 5.41) is 14.5. The van der Waals surface area contributed by atoms with Crippen molar-refractivity contribution >= 4 is 50.7 Å². The third kappa shape index (κ3) is 7.96. The van der Waals surface area contributed by atoms with Gasteiger partial charge in [-0.2, -0.15) is 0 Å². The molecule has 0 aliphatic carbocycles. The molecule has 0 saturated carbocycles. The lowest BCUT2D eigenvalue weighted by atomic mass is 10.0. The Kier molecular flexibility index (Phi) is 10.9. The maximum absolute atomic E-state index is 13.2. The molecule has 0 atom stereocenters. The van der Waals surface area contributed by atoms with Gasteiger partial charge in [0.25, 0.3) is 0 Å². The lowest BCUT2D eigenvalue weighted by Gasteiger charge is -2.34. The van der Waals surface area contributed by atoms with E-state index in [-0.39, 0.29) is 22.6 Å². The van der Waals surface area contributed by atoms with Crippen LogP contribution in [0.25, 0.3) is 10.2 Å². The number of unbranched alkanes of at least 4 members (excludes halogenated alkanes) is 2. The van der Waals surface area contributed by atoms with E-state index in [1.807, 2.05) is 24.3 Å². The van der Waals surface area contributed by atoms with Crippen LogP contribution in [0, 0.1) is 0 Å². The highest BCUT2D eigenvalue weighted by molar-refractivity contribution is 7.16. The molecule has 2 aromatic carbocycles. The number of ether oxygens (including phenoxy) is 1. The average molecular weight is 581 g/mol. The van der Waals surface area contributed by atoms with Crippen molar-refractivity contribution in [2.45, 2.75) is 57.4 Å². The molecule has 206 valence electrons. The van der Waals surface area contributed by atoms with Gasteiger partial charge < -0.3 is 25.0 Å². The van der Waals surface area contributed by atoms with Gasteiger partial charge in [-0.1, -0.05) is 53.1 Å². The van der Waals surface area contributed by atoms with E-state index in [1.54, 1.807) is 6.07 Å². The summed E-state index contributed by atoms with van der Waals surface area (Å²) in [5.74, 6) is 0.299. The zero-order chi connectivity index (χ0) is 26.9. The van der Waals surface area contributed by atoms with Crippen LogP contribution < -0.4 is 10.2 Å². The van der Waals surface area contributed by atoms with Gasteiger partial charge in [-0.05, 0) is 74.4 Å². The highest BCUT2D eigenvalue weighted by Gasteiger charge is 2.25. The minimum atomic E-state index is -0.155. The molecule has 3 N–H and O–H groups in total. The first-order valence-corrected chi connectivity index (χ1v) is 14.8. The first-order chi connectivity index (χ1) is 18.4. The third-order valence-electron chi connectivity index (χ3n) is 7.03. The van der Waals surface area contributed by atoms with Crippen molar-refractivity contribution in [3.63, 3.8) is 0 Å². The number of benzene rings is 2. The van der Waals surface area contributed by atoms with Gasteiger partial charge in [0.15, 0.2) is 0 Å². The third-order valence-corrected chi connectivity index (χ3v) is 8.72. The van der Waals surface area contributed by atoms with Crippen molar-refractivity contribution in [1.82, 2.24) is 15.2 Å². The Labute approximate surface area is 237 Å². The number of hydrogen-bond acceptors (Lipinski definition) is 6. The molecule has 2 heterocycles. The highest BCUT2D eigenvalue weighted by atomic mass is 35.5. The van der Waals surface area contributed by atoms with E-state index in [1.165, 1.54) is 0 Å². The second-order valence-corrected chi connectivity index (χ2v) is 11.5. The number of aromatic amines is 1. The Bertz CT molecular complexity index is 1270. The minimum absolute atomic E-state index is 0.108. The van der Waals surface area contributed by atoms with Crippen molar-refractivity contribution < 1.29 is 14.6 Å². The number of aromatic hydroxyl groups is 1. The highest BCUT2D eigenvalue weighted by Crippen LogP contribution is 2.29. The lowest BCUT2D eigenvalue weighted by Crippen LogP contribution is -2.44. The number of amides is 1. The Hall–Kier alpha value is -2.10. The van der Waals surface area contributed by atoms with E-state index >= 15 is 0 Å². The van der Waals surface area contributed by atoms with Crippen LogP contribution in [0.1, 0.15) is 49.7 Å². The molecular formula is C28H35Cl2N3O4S. The Morgan fingerprint density at radius 3 is 2.68 bits per heavy atom. The normalized spacial score (nSPS) is 14.3. The molecule has 38 heavy (non-hydrogen) atoms. The molecule has 1 amide bonds. The fourth-order valence-corrected chi connectivity index (χ4v) is 6.16. The second kappa shape index (κ2) is 14.3. The SMILES string of the molecule is O=C(CCNCCc1ccc(Cl)c(Cl)c1)N(CCCCCc1ccc(O)c2[nH]c(=O)sc12)C1CCOCC1. The number of fused-ring (bicyclic) bond motifs is 1. The summed E-state index contributed by atoms with van der Waals surface area (Å²) in [4.78, 5) is 29.6. The summed E-state index contributed by atoms with van der Waals surface area (Å²) in [5.41, 5.74) is 2.71. The summed E-state index contributed by atoms with van der Waals surface area (Å²) >= 11 is 13.2. The largest absolute Gasteiger partial charge is 0.506 e. The van der Waals surface area contributed by atoms with E-state index in [2.05, 4.69) is 15.2 Å². The molecule has 1 fully saturated rings. The number of thiazole rings is 1. The Balaban J connectivity index is 1.22. The number of aryl methyl sites for hydroxylation is 1. The Morgan fingerprint density at radius 2 is 1.89 bits per heavy atom. The van der Waals surface area contributed by atoms with Gasteiger partial charge in [-0.15, -0.1) is 0 Å². The number of nitrogens with one attached hydrogen (secondary N) is 2. The van der Waals surface area contributed by atoms with E-state index in [0.717, 1.165) is 85.2 Å². The lowest BCUT2D eigenvalue weighted by molar-refractivity contribution is -0.135. The van der Waals surface area contributed by atoms with Crippen molar-refractivity contribution in [1.29, 1.82) is 0 Å². The predicted molar refractivity (Wildman–Crippen MR) is 155 cm³/mol. The van der Waals surface area contributed by atoms with Crippen LogP contribution in [0.5, 0.6) is 5.75 Å². The van der Waals surface area contributed by atoms with Crippen molar-refractivity contribution in [2.75, 3.05) is 32.8 Å². The minimum Gasteiger partial charge on any atom is -0.506 e. The molecular weight excluding hydrogens is 545 g/mol. The molecule has 0 spiro atoms. The van der Waals surface area contributed by atoms with E-state index in [9.17, 15) is 14.7 Å². The molecule has 1 aliphatic rings. The zero-order valence-corrected chi connectivity index (χ0v) is 23.8. The number of carbonyl (C=O) groups is 1. The summed E-state index contributed by atoms with van der Waals surface area (Å²) in [7, 11) is 0. The van der Waals surface area contributed by atoms with Crippen LogP contribution in [-0.4, -0.2) is 59.8 Å². The fourth-order valence-electron chi connectivity index (χ4n) is 4.94. The predicted octanol–water partition coefficient (Wildman–Crippen LogP) is 5.54. The molecule has 0 unspecified atom stereocenters. The van der Waals surface area contributed by atoms with Crippen LogP contribution >= 0.6 is 34.5 Å². The van der Waals surface area contributed by atoms with Crippen LogP contribution in [0.4, 0.5) is 0 Å². The first kappa shape index (κ1) is 28.9. The van der Waals surface area contributed by atoms with E-state index in [0.29, 0.717) is 41.7 Å². The number of H-pyrrole nitrogens is 1.